The number of aromatic nitrogens is 3. The van der Waals surface area contributed by atoms with E-state index in [0.717, 1.165) is 5.92 Å². The summed E-state index contributed by atoms with van der Waals surface area (Å²) in [7, 11) is 0. The highest BCUT2D eigenvalue weighted by molar-refractivity contribution is 5.63. The fourth-order valence-corrected chi connectivity index (χ4v) is 2.70. The van der Waals surface area contributed by atoms with Gasteiger partial charge in [-0.2, -0.15) is 13.9 Å². The van der Waals surface area contributed by atoms with Gasteiger partial charge >= 0.3 is 6.61 Å². The molecule has 1 fully saturated rings. The zero-order valence-corrected chi connectivity index (χ0v) is 17.0. The van der Waals surface area contributed by atoms with Gasteiger partial charge in [-0.1, -0.05) is 46.5 Å². The quantitative estimate of drug-likeness (QED) is 0.711. The van der Waals surface area contributed by atoms with Crippen LogP contribution in [0.5, 0.6) is 5.75 Å². The Balaban J connectivity index is 0.000000381. The van der Waals surface area contributed by atoms with Crippen molar-refractivity contribution in [2.75, 3.05) is 5.73 Å². The molecule has 3 rings (SSSR count). The van der Waals surface area contributed by atoms with Crippen LogP contribution in [0.15, 0.2) is 24.5 Å². The fraction of sp³-hybridized carbons (Fsp3) is 0.600. The van der Waals surface area contributed by atoms with Crippen LogP contribution < -0.4 is 10.5 Å². The van der Waals surface area contributed by atoms with Crippen molar-refractivity contribution in [2.45, 2.75) is 73.0 Å². The predicted octanol–water partition coefficient (Wildman–Crippen LogP) is 5.93. The van der Waals surface area contributed by atoms with Gasteiger partial charge in [0.2, 0.25) is 0 Å². The molecule has 2 heterocycles. The van der Waals surface area contributed by atoms with E-state index in [1.54, 1.807) is 10.7 Å². The van der Waals surface area contributed by atoms with Crippen molar-refractivity contribution in [1.82, 2.24) is 14.8 Å². The van der Waals surface area contributed by atoms with Gasteiger partial charge in [-0.05, 0) is 31.9 Å². The molecule has 152 valence electrons. The minimum Gasteiger partial charge on any atom is -0.431 e. The van der Waals surface area contributed by atoms with E-state index in [4.69, 9.17) is 5.73 Å². The van der Waals surface area contributed by atoms with Crippen LogP contribution in [0.4, 0.5) is 14.6 Å². The molecule has 0 atom stereocenters. The standard InChI is InChI=1S/C12H14F2N4O.C6H12.C2H6/c1-7(2)18-4-3-9(17-18)8-5-10(19-12(13)14)11(15)16-6-8;1-6-4-2-3-5-6;1-2/h3-7,12H,1-2H3,(H2,15,16);6H,2-5H2,1H3;1-2H3. The summed E-state index contributed by atoms with van der Waals surface area (Å²) in [6.45, 7) is 7.38. The van der Waals surface area contributed by atoms with Crippen molar-refractivity contribution in [2.24, 2.45) is 5.92 Å². The van der Waals surface area contributed by atoms with Gasteiger partial charge in [0.25, 0.3) is 0 Å². The molecular formula is C20H32F2N4O. The van der Waals surface area contributed by atoms with Crippen LogP contribution in [0.25, 0.3) is 11.3 Å². The molecule has 1 saturated carbocycles. The molecular weight excluding hydrogens is 350 g/mol. The lowest BCUT2D eigenvalue weighted by molar-refractivity contribution is -0.0494. The molecule has 0 spiro atoms. The number of ether oxygens (including phenoxy) is 1. The van der Waals surface area contributed by atoms with Gasteiger partial charge in [0, 0.05) is 24.0 Å². The zero-order valence-electron chi connectivity index (χ0n) is 17.0. The Labute approximate surface area is 160 Å². The van der Waals surface area contributed by atoms with E-state index in [1.807, 2.05) is 33.9 Å². The number of alkyl halides is 2. The molecule has 5 nitrogen and oxygen atoms in total. The third kappa shape index (κ3) is 7.53. The lowest BCUT2D eigenvalue weighted by atomic mass is 10.2. The maximum absolute atomic E-state index is 12.2. The van der Waals surface area contributed by atoms with Crippen molar-refractivity contribution in [3.05, 3.63) is 24.5 Å². The first-order valence-electron chi connectivity index (χ1n) is 9.62. The average molecular weight is 382 g/mol. The molecule has 0 saturated heterocycles. The Bertz CT molecular complexity index is 668. The van der Waals surface area contributed by atoms with Crippen molar-refractivity contribution >= 4 is 5.82 Å². The number of nitrogen functional groups attached to an aromatic ring is 1. The van der Waals surface area contributed by atoms with Gasteiger partial charge in [-0.3, -0.25) is 4.68 Å². The van der Waals surface area contributed by atoms with Crippen LogP contribution in [0, 0.1) is 5.92 Å². The van der Waals surface area contributed by atoms with E-state index in [2.05, 4.69) is 21.7 Å². The first-order chi connectivity index (χ1) is 12.9. The Morgan fingerprint density at radius 2 is 1.85 bits per heavy atom. The van der Waals surface area contributed by atoms with Crippen LogP contribution >= 0.6 is 0 Å². The van der Waals surface area contributed by atoms with Crippen molar-refractivity contribution < 1.29 is 13.5 Å². The molecule has 1 aliphatic rings. The summed E-state index contributed by atoms with van der Waals surface area (Å²) in [4.78, 5) is 3.83. The molecule has 0 bridgehead atoms. The summed E-state index contributed by atoms with van der Waals surface area (Å²) in [5, 5.41) is 4.32. The summed E-state index contributed by atoms with van der Waals surface area (Å²) in [5.41, 5.74) is 6.67. The Kier molecular flexibility index (Phi) is 9.75. The average Bonchev–Trinajstić information content (AvgIpc) is 3.30. The number of pyridine rings is 1. The van der Waals surface area contributed by atoms with E-state index in [-0.39, 0.29) is 17.6 Å². The summed E-state index contributed by atoms with van der Waals surface area (Å²) in [6.07, 6.45) is 9.23. The number of nitrogens with two attached hydrogens (primary N) is 1. The number of halogens is 2. The zero-order chi connectivity index (χ0) is 20.4. The minimum absolute atomic E-state index is 0.0765. The molecule has 0 amide bonds. The summed E-state index contributed by atoms with van der Waals surface area (Å²) in [5.74, 6) is 0.823. The largest absolute Gasteiger partial charge is 0.431 e. The van der Waals surface area contributed by atoms with Gasteiger partial charge in [0.1, 0.15) is 0 Å². The molecule has 2 aromatic heterocycles. The molecule has 0 unspecified atom stereocenters. The maximum atomic E-state index is 12.2. The SMILES string of the molecule is CC.CC(C)n1ccc(-c2cnc(N)c(OC(F)F)c2)n1.CC1CCCC1. The second-order valence-electron chi connectivity index (χ2n) is 6.65. The van der Waals surface area contributed by atoms with E-state index in [1.165, 1.54) is 37.9 Å². The fourth-order valence-electron chi connectivity index (χ4n) is 2.70. The first kappa shape index (κ1) is 22.9. The third-order valence-electron chi connectivity index (χ3n) is 4.17. The second kappa shape index (κ2) is 11.5. The van der Waals surface area contributed by atoms with Gasteiger partial charge < -0.3 is 10.5 Å². The predicted molar refractivity (Wildman–Crippen MR) is 106 cm³/mol. The van der Waals surface area contributed by atoms with Crippen LogP contribution in [0.3, 0.4) is 0 Å². The molecule has 27 heavy (non-hydrogen) atoms. The highest BCUT2D eigenvalue weighted by Crippen LogP contribution is 2.27. The molecule has 2 N–H and O–H groups in total. The van der Waals surface area contributed by atoms with Crippen LogP contribution in [0.2, 0.25) is 0 Å². The Hall–Kier alpha value is -2.18. The third-order valence-corrected chi connectivity index (χ3v) is 4.17. The Morgan fingerprint density at radius 3 is 2.30 bits per heavy atom. The van der Waals surface area contributed by atoms with Gasteiger partial charge in [0.15, 0.2) is 11.6 Å². The normalized spacial score (nSPS) is 13.8. The highest BCUT2D eigenvalue weighted by Gasteiger charge is 2.12. The molecule has 7 heteroatoms. The van der Waals surface area contributed by atoms with E-state index in [0.29, 0.717) is 11.3 Å². The van der Waals surface area contributed by atoms with E-state index >= 15 is 0 Å². The number of anilines is 1. The lowest BCUT2D eigenvalue weighted by Crippen LogP contribution is -2.06. The first-order valence-corrected chi connectivity index (χ1v) is 9.62. The summed E-state index contributed by atoms with van der Waals surface area (Å²) >= 11 is 0. The van der Waals surface area contributed by atoms with Gasteiger partial charge in [0.05, 0.1) is 5.69 Å². The number of hydrogen-bond acceptors (Lipinski definition) is 4. The number of rotatable bonds is 4. The molecule has 2 aromatic rings. The van der Waals surface area contributed by atoms with E-state index in [9.17, 15) is 8.78 Å². The van der Waals surface area contributed by atoms with Crippen molar-refractivity contribution in [1.29, 1.82) is 0 Å². The summed E-state index contributed by atoms with van der Waals surface area (Å²) in [6, 6.07) is 3.40. The number of nitrogens with zero attached hydrogens (tertiary/aromatic N) is 3. The van der Waals surface area contributed by atoms with Crippen molar-refractivity contribution in [3.8, 4) is 17.0 Å². The maximum Gasteiger partial charge on any atom is 0.387 e. The van der Waals surface area contributed by atoms with Gasteiger partial charge in [-0.25, -0.2) is 4.98 Å². The molecule has 0 radical (unpaired) electrons. The smallest absolute Gasteiger partial charge is 0.387 e. The van der Waals surface area contributed by atoms with Crippen LogP contribution in [0.1, 0.15) is 66.3 Å². The number of hydrogen-bond donors (Lipinski definition) is 1. The van der Waals surface area contributed by atoms with E-state index < -0.39 is 6.61 Å². The van der Waals surface area contributed by atoms with Gasteiger partial charge in [-0.15, -0.1) is 0 Å². The summed E-state index contributed by atoms with van der Waals surface area (Å²) < 4.78 is 30.5. The highest BCUT2D eigenvalue weighted by atomic mass is 19.3. The molecule has 0 aliphatic heterocycles. The molecule has 1 aliphatic carbocycles. The molecule has 0 aromatic carbocycles. The lowest BCUT2D eigenvalue weighted by Gasteiger charge is -2.08. The van der Waals surface area contributed by atoms with Crippen LogP contribution in [-0.2, 0) is 0 Å². The van der Waals surface area contributed by atoms with Crippen molar-refractivity contribution in [3.63, 3.8) is 0 Å². The van der Waals surface area contributed by atoms with Crippen LogP contribution in [-0.4, -0.2) is 21.4 Å². The second-order valence-corrected chi connectivity index (χ2v) is 6.65. The monoisotopic (exact) mass is 382 g/mol. The minimum atomic E-state index is -2.94. The topological polar surface area (TPSA) is 66.0 Å². The Morgan fingerprint density at radius 1 is 1.22 bits per heavy atom.